The SMILES string of the molecule is O=C(O)O.O=C(O)O.O=C(O)O.O=C(O)O.O=C(O)O.O=C(O)O.O=C(O)O.O=C(O)O.O=C(O)O.O=C(O)O.[NaH].[NaH].[NaH]. The van der Waals surface area contributed by atoms with E-state index < -0.39 is 61.6 Å². The Morgan fingerprint density at radius 2 is 0.163 bits per heavy atom. The van der Waals surface area contributed by atoms with Gasteiger partial charge in [0, 0.05) is 0 Å². The maximum absolute atomic E-state index is 8.56. The Balaban J connectivity index is -0.0000000210. The van der Waals surface area contributed by atoms with Gasteiger partial charge in [0.15, 0.2) is 0 Å². The van der Waals surface area contributed by atoms with Crippen molar-refractivity contribution < 1.29 is 150 Å². The van der Waals surface area contributed by atoms with Crippen molar-refractivity contribution >= 4 is 150 Å². The van der Waals surface area contributed by atoms with E-state index in [1.54, 1.807) is 0 Å². The molecule has 0 aliphatic rings. The molecule has 33 heteroatoms. The molecule has 246 valence electrons. The number of hydrogen-bond donors (Lipinski definition) is 20. The third kappa shape index (κ3) is 2600. The molecule has 0 unspecified atom stereocenters. The number of carbonyl (C=O) groups is 10. The van der Waals surface area contributed by atoms with Crippen LogP contribution < -0.4 is 0 Å². The van der Waals surface area contributed by atoms with Crippen LogP contribution in [-0.4, -0.2) is 252 Å². The Morgan fingerprint density at radius 1 is 0.163 bits per heavy atom. The van der Waals surface area contributed by atoms with E-state index in [9.17, 15) is 0 Å². The fourth-order valence-corrected chi connectivity index (χ4v) is 0. The van der Waals surface area contributed by atoms with Crippen LogP contribution in [0.2, 0.25) is 0 Å². The van der Waals surface area contributed by atoms with Crippen molar-refractivity contribution in [1.29, 1.82) is 0 Å². The van der Waals surface area contributed by atoms with Gasteiger partial charge in [-0.15, -0.1) is 0 Å². The van der Waals surface area contributed by atoms with Crippen molar-refractivity contribution in [3.05, 3.63) is 0 Å². The fraction of sp³-hybridized carbons (Fsp3) is 0. The number of rotatable bonds is 0. The van der Waals surface area contributed by atoms with Gasteiger partial charge in [0.2, 0.25) is 0 Å². The van der Waals surface area contributed by atoms with E-state index in [1.807, 2.05) is 0 Å². The minimum absolute atomic E-state index is 0. The summed E-state index contributed by atoms with van der Waals surface area (Å²) in [6, 6.07) is 0. The van der Waals surface area contributed by atoms with Crippen molar-refractivity contribution in [1.82, 2.24) is 0 Å². The Kier molecular flexibility index (Phi) is 149. The zero-order chi connectivity index (χ0) is 35.8. The summed E-state index contributed by atoms with van der Waals surface area (Å²) in [6.07, 6.45) is -18.3. The van der Waals surface area contributed by atoms with Gasteiger partial charge in [0.05, 0.1) is 0 Å². The molecule has 0 aliphatic heterocycles. The molecule has 0 spiro atoms. The summed E-state index contributed by atoms with van der Waals surface area (Å²) in [5.41, 5.74) is 0. The summed E-state index contributed by atoms with van der Waals surface area (Å²) >= 11 is 0. The summed E-state index contributed by atoms with van der Waals surface area (Å²) in [4.78, 5) is 85.6. The predicted molar refractivity (Wildman–Crippen MR) is 128 cm³/mol. The van der Waals surface area contributed by atoms with Crippen LogP contribution in [0.1, 0.15) is 0 Å². The van der Waals surface area contributed by atoms with Crippen molar-refractivity contribution in [2.45, 2.75) is 0 Å². The van der Waals surface area contributed by atoms with Crippen LogP contribution in [0.25, 0.3) is 0 Å². The molecule has 0 saturated carbocycles. The maximum atomic E-state index is 8.56. The first-order valence-electron chi connectivity index (χ1n) is 6.51. The van der Waals surface area contributed by atoms with Crippen LogP contribution in [0.5, 0.6) is 0 Å². The summed E-state index contributed by atoms with van der Waals surface area (Å²) in [6.45, 7) is 0. The number of hydrogen-bond acceptors (Lipinski definition) is 10. The predicted octanol–water partition coefficient (Wildman–Crippen LogP) is 0.279. The van der Waals surface area contributed by atoms with Crippen molar-refractivity contribution in [3.8, 4) is 0 Å². The van der Waals surface area contributed by atoms with Gasteiger partial charge in [-0.1, -0.05) is 0 Å². The van der Waals surface area contributed by atoms with Gasteiger partial charge < -0.3 is 102 Å². The molecule has 0 radical (unpaired) electrons. The molecule has 0 heterocycles. The molecule has 0 amide bonds. The molecule has 0 bridgehead atoms. The molecule has 0 aliphatic carbocycles. The average molecular weight is 692 g/mol. The molecule has 0 rings (SSSR count). The molecular weight excluding hydrogens is 669 g/mol. The summed E-state index contributed by atoms with van der Waals surface area (Å²) in [7, 11) is 0. The summed E-state index contributed by atoms with van der Waals surface area (Å²) in [5.74, 6) is 0. The molecule has 0 fully saturated rings. The van der Waals surface area contributed by atoms with Crippen LogP contribution in [0.4, 0.5) is 47.9 Å². The Labute approximate surface area is 298 Å². The first kappa shape index (κ1) is 83.3. The Morgan fingerprint density at radius 3 is 0.163 bits per heavy atom. The third-order valence-corrected chi connectivity index (χ3v) is 0. The molecule has 20 N–H and O–H groups in total. The molecule has 30 nitrogen and oxygen atoms in total. The normalized spacial score (nSPS) is 5.58. The number of carboxylic acid groups (broad SMARTS) is 20. The van der Waals surface area contributed by atoms with Gasteiger partial charge in [0.1, 0.15) is 0 Å². The standard InChI is InChI=1S/10CH2O3.3Na.3H/c10*2-1(3)4;;;;;;/h10*(H2,2,3,4);;;;;;. The van der Waals surface area contributed by atoms with E-state index in [0.29, 0.717) is 0 Å². The van der Waals surface area contributed by atoms with Crippen LogP contribution >= 0.6 is 0 Å². The molecule has 0 aromatic rings. The third-order valence-electron chi connectivity index (χ3n) is 0. The zero-order valence-corrected chi connectivity index (χ0v) is 18.0. The van der Waals surface area contributed by atoms with Gasteiger partial charge in [-0.25, -0.2) is 47.9 Å². The first-order chi connectivity index (χ1) is 17.3. The average Bonchev–Trinajstić information content (AvgIpc) is 2.47. The van der Waals surface area contributed by atoms with E-state index in [-0.39, 0.29) is 88.7 Å². The first-order valence-corrected chi connectivity index (χ1v) is 6.51. The van der Waals surface area contributed by atoms with Crippen molar-refractivity contribution in [2.24, 2.45) is 0 Å². The molecule has 0 aromatic carbocycles. The summed E-state index contributed by atoms with van der Waals surface area (Å²) < 4.78 is 0. The monoisotopic (exact) mass is 692 g/mol. The van der Waals surface area contributed by atoms with Gasteiger partial charge in [-0.2, -0.15) is 0 Å². The van der Waals surface area contributed by atoms with Gasteiger partial charge in [0.25, 0.3) is 0 Å². The quantitative estimate of drug-likeness (QED) is 0.151. The van der Waals surface area contributed by atoms with Crippen LogP contribution in [0.3, 0.4) is 0 Å². The molecule has 0 saturated heterocycles. The van der Waals surface area contributed by atoms with Crippen molar-refractivity contribution in [3.63, 3.8) is 0 Å². The second-order valence-electron chi connectivity index (χ2n) is 2.83. The second-order valence-corrected chi connectivity index (χ2v) is 2.83. The van der Waals surface area contributed by atoms with Crippen LogP contribution in [-0.2, 0) is 0 Å². The minimum atomic E-state index is -1.83. The van der Waals surface area contributed by atoms with E-state index in [0.717, 1.165) is 0 Å². The molecule has 0 aromatic heterocycles. The van der Waals surface area contributed by atoms with Gasteiger partial charge in [-0.05, 0) is 0 Å². The van der Waals surface area contributed by atoms with Crippen LogP contribution in [0, 0.1) is 0 Å². The topological polar surface area (TPSA) is 575 Å². The van der Waals surface area contributed by atoms with Gasteiger partial charge in [-0.3, -0.25) is 0 Å². The Hall–Kier alpha value is -4.30. The van der Waals surface area contributed by atoms with Crippen LogP contribution in [0.15, 0.2) is 0 Å². The van der Waals surface area contributed by atoms with Gasteiger partial charge >= 0.3 is 150 Å². The molecule has 0 atom stereocenters. The molecule has 43 heavy (non-hydrogen) atoms. The molecular formula is C10H23Na3O30. The van der Waals surface area contributed by atoms with E-state index >= 15 is 0 Å². The second kappa shape index (κ2) is 76.9. The van der Waals surface area contributed by atoms with Crippen molar-refractivity contribution in [2.75, 3.05) is 0 Å². The van der Waals surface area contributed by atoms with E-state index in [4.69, 9.17) is 150 Å². The van der Waals surface area contributed by atoms with E-state index in [1.165, 1.54) is 0 Å². The summed E-state index contributed by atoms with van der Waals surface area (Å²) in [5, 5.41) is 139. The fourth-order valence-electron chi connectivity index (χ4n) is 0. The Bertz CT molecular complexity index is 478. The zero-order valence-electron chi connectivity index (χ0n) is 18.0. The van der Waals surface area contributed by atoms with E-state index in [2.05, 4.69) is 0 Å².